The summed E-state index contributed by atoms with van der Waals surface area (Å²) >= 11 is 0. The van der Waals surface area contributed by atoms with Gasteiger partial charge in [-0.1, -0.05) is 0 Å². The van der Waals surface area contributed by atoms with E-state index in [2.05, 4.69) is 10.3 Å². The number of hydrogen-bond acceptors (Lipinski definition) is 4. The van der Waals surface area contributed by atoms with E-state index in [0.717, 1.165) is 25.8 Å². The second-order valence-corrected chi connectivity index (χ2v) is 7.21. The number of carbonyl (C=O) groups is 1. The summed E-state index contributed by atoms with van der Waals surface area (Å²) in [6, 6.07) is 6.67. The Kier molecular flexibility index (Phi) is 4.40. The Morgan fingerprint density at radius 3 is 3.08 bits per heavy atom. The number of aryl methyl sites for hydroxylation is 1. The first kappa shape index (κ1) is 17.0. The van der Waals surface area contributed by atoms with Crippen molar-refractivity contribution in [2.45, 2.75) is 30.9 Å². The average Bonchev–Trinajstić information content (AvgIpc) is 3.23. The number of rotatable bonds is 3. The number of anilines is 1. The van der Waals surface area contributed by atoms with Crippen molar-refractivity contribution in [2.24, 2.45) is 7.05 Å². The van der Waals surface area contributed by atoms with Crippen molar-refractivity contribution < 1.29 is 13.9 Å². The van der Waals surface area contributed by atoms with Crippen molar-refractivity contribution >= 4 is 11.7 Å². The predicted octanol–water partition coefficient (Wildman–Crippen LogP) is 2.44. The highest BCUT2D eigenvalue weighted by Crippen LogP contribution is 2.36. The molecule has 0 saturated carbocycles. The fourth-order valence-electron chi connectivity index (χ4n) is 4.02. The molecule has 2 saturated heterocycles. The molecule has 0 aliphatic carbocycles. The number of nitrogens with one attached hydrogen (secondary N) is 1. The summed E-state index contributed by atoms with van der Waals surface area (Å²) in [5, 5.41) is 3.14. The number of carbonyl (C=O) groups excluding carboxylic acids is 1. The zero-order valence-corrected chi connectivity index (χ0v) is 14.8. The average molecular weight is 358 g/mol. The molecule has 2 aliphatic heterocycles. The van der Waals surface area contributed by atoms with Crippen molar-refractivity contribution in [3.8, 4) is 0 Å². The number of likely N-dealkylation sites (tertiary alicyclic amines) is 1. The molecule has 7 heteroatoms. The third-order valence-corrected chi connectivity index (χ3v) is 5.30. The first-order chi connectivity index (χ1) is 12.6. The number of hydrogen-bond donors (Lipinski definition) is 1. The molecule has 1 amide bonds. The Labute approximate surface area is 152 Å². The van der Waals surface area contributed by atoms with Crippen LogP contribution >= 0.6 is 0 Å². The molecule has 4 rings (SSSR count). The molecule has 0 radical (unpaired) electrons. The van der Waals surface area contributed by atoms with Crippen LogP contribution in [0.15, 0.2) is 36.7 Å². The maximum atomic E-state index is 13.8. The first-order valence-electron chi connectivity index (χ1n) is 8.98. The lowest BCUT2D eigenvalue weighted by Crippen LogP contribution is -2.50. The van der Waals surface area contributed by atoms with Crippen LogP contribution in [0.25, 0.3) is 0 Å². The van der Waals surface area contributed by atoms with Crippen molar-refractivity contribution in [1.82, 2.24) is 14.5 Å². The fraction of sp³-hybridized carbons (Fsp3) is 0.474. The molecule has 1 spiro atoms. The van der Waals surface area contributed by atoms with E-state index in [1.54, 1.807) is 12.3 Å². The molecule has 4 heterocycles. The number of ether oxygens (including phenoxy) is 1. The second kappa shape index (κ2) is 6.72. The first-order valence-corrected chi connectivity index (χ1v) is 8.98. The Balaban J connectivity index is 1.43. The van der Waals surface area contributed by atoms with Crippen LogP contribution in [0.4, 0.5) is 10.2 Å². The van der Waals surface area contributed by atoms with Gasteiger partial charge < -0.3 is 19.5 Å². The Morgan fingerprint density at radius 2 is 2.31 bits per heavy atom. The largest absolute Gasteiger partial charge is 0.371 e. The lowest BCUT2D eigenvalue weighted by molar-refractivity contribution is -0.0449. The number of nitrogens with zero attached hydrogens (tertiary/aromatic N) is 3. The lowest BCUT2D eigenvalue weighted by atomic mass is 9.88. The quantitative estimate of drug-likeness (QED) is 0.916. The van der Waals surface area contributed by atoms with Crippen molar-refractivity contribution in [1.29, 1.82) is 0 Å². The van der Waals surface area contributed by atoms with Gasteiger partial charge in [0, 0.05) is 32.4 Å². The van der Waals surface area contributed by atoms with E-state index < -0.39 is 0 Å². The number of amides is 1. The molecule has 0 unspecified atom stereocenters. The molecular formula is C19H23FN4O2. The molecule has 138 valence electrons. The topological polar surface area (TPSA) is 59.4 Å². The highest BCUT2D eigenvalue weighted by Gasteiger charge is 2.45. The molecule has 2 atom stereocenters. The van der Waals surface area contributed by atoms with Gasteiger partial charge in [-0.3, -0.25) is 4.79 Å². The second-order valence-electron chi connectivity index (χ2n) is 7.21. The maximum absolute atomic E-state index is 13.8. The molecule has 1 N–H and O–H groups in total. The van der Waals surface area contributed by atoms with E-state index in [1.807, 2.05) is 34.8 Å². The van der Waals surface area contributed by atoms with Crippen LogP contribution in [0.2, 0.25) is 0 Å². The Hall–Kier alpha value is -2.41. The monoisotopic (exact) mass is 358 g/mol. The lowest BCUT2D eigenvalue weighted by Gasteiger charge is -2.39. The van der Waals surface area contributed by atoms with Crippen molar-refractivity contribution in [2.75, 3.05) is 25.0 Å². The van der Waals surface area contributed by atoms with Gasteiger partial charge in [-0.25, -0.2) is 9.37 Å². The molecular weight excluding hydrogens is 335 g/mol. The standard InChI is InChI=1S/C19H23FN4O2/c1-23-9-3-6-16(23)18(25)24-10-4-7-19(13-24)11-14(12-26-19)22-17-15(20)5-2-8-21-17/h2-3,5-6,8-9,14H,4,7,10-13H2,1H3,(H,21,22)/t14-,19+/m1/s1. The zero-order chi connectivity index (χ0) is 18.1. The van der Waals surface area contributed by atoms with Gasteiger partial charge in [0.15, 0.2) is 11.6 Å². The third kappa shape index (κ3) is 3.19. The summed E-state index contributed by atoms with van der Waals surface area (Å²) in [4.78, 5) is 18.7. The van der Waals surface area contributed by atoms with E-state index in [-0.39, 0.29) is 29.2 Å². The molecule has 2 fully saturated rings. The fourth-order valence-corrected chi connectivity index (χ4v) is 4.02. The summed E-state index contributed by atoms with van der Waals surface area (Å²) in [7, 11) is 1.88. The molecule has 2 aliphatic rings. The molecule has 26 heavy (non-hydrogen) atoms. The molecule has 2 aromatic heterocycles. The van der Waals surface area contributed by atoms with Crippen LogP contribution < -0.4 is 5.32 Å². The van der Waals surface area contributed by atoms with Crippen molar-refractivity contribution in [3.63, 3.8) is 0 Å². The minimum absolute atomic E-state index is 0.00973. The van der Waals surface area contributed by atoms with Crippen molar-refractivity contribution in [3.05, 3.63) is 48.2 Å². The van der Waals surface area contributed by atoms with Gasteiger partial charge >= 0.3 is 0 Å². The molecule has 0 bridgehead atoms. The minimum Gasteiger partial charge on any atom is -0.371 e. The third-order valence-electron chi connectivity index (χ3n) is 5.30. The SMILES string of the molecule is Cn1cccc1C(=O)N1CCC[C@]2(C[C@@H](Nc3ncccc3F)CO2)C1. The van der Waals surface area contributed by atoms with Gasteiger partial charge in [0.05, 0.1) is 24.8 Å². The number of piperidine rings is 1. The van der Waals surface area contributed by atoms with Crippen LogP contribution in [0, 0.1) is 5.82 Å². The number of aromatic nitrogens is 2. The van der Waals surface area contributed by atoms with E-state index in [1.165, 1.54) is 6.07 Å². The summed E-state index contributed by atoms with van der Waals surface area (Å²) in [6.07, 6.45) is 5.99. The maximum Gasteiger partial charge on any atom is 0.270 e. The summed E-state index contributed by atoms with van der Waals surface area (Å²) in [6.45, 7) is 1.80. The van der Waals surface area contributed by atoms with Gasteiger partial charge in [-0.2, -0.15) is 0 Å². The smallest absolute Gasteiger partial charge is 0.270 e. The van der Waals surface area contributed by atoms with E-state index in [0.29, 0.717) is 18.8 Å². The molecule has 0 aromatic carbocycles. The van der Waals surface area contributed by atoms with E-state index in [4.69, 9.17) is 4.74 Å². The van der Waals surface area contributed by atoms with E-state index in [9.17, 15) is 9.18 Å². The van der Waals surface area contributed by atoms with Crippen LogP contribution in [-0.2, 0) is 11.8 Å². The predicted molar refractivity (Wildman–Crippen MR) is 95.5 cm³/mol. The van der Waals surface area contributed by atoms with Gasteiger partial charge in [0.25, 0.3) is 5.91 Å². The number of halogens is 1. The normalized spacial score (nSPS) is 25.6. The Bertz CT molecular complexity index is 808. The van der Waals surface area contributed by atoms with Gasteiger partial charge in [-0.15, -0.1) is 0 Å². The van der Waals surface area contributed by atoms with Gasteiger partial charge in [-0.05, 0) is 37.1 Å². The molecule has 2 aromatic rings. The van der Waals surface area contributed by atoms with Crippen LogP contribution in [0.1, 0.15) is 29.8 Å². The van der Waals surface area contributed by atoms with Crippen LogP contribution in [0.3, 0.4) is 0 Å². The highest BCUT2D eigenvalue weighted by molar-refractivity contribution is 5.92. The van der Waals surface area contributed by atoms with Crippen LogP contribution in [-0.4, -0.2) is 51.7 Å². The van der Waals surface area contributed by atoms with E-state index >= 15 is 0 Å². The summed E-state index contributed by atoms with van der Waals surface area (Å²) in [5.74, 6) is -0.0735. The van der Waals surface area contributed by atoms with Gasteiger partial charge in [0.1, 0.15) is 5.69 Å². The van der Waals surface area contributed by atoms with Crippen LogP contribution in [0.5, 0.6) is 0 Å². The van der Waals surface area contributed by atoms with Gasteiger partial charge in [0.2, 0.25) is 0 Å². The summed E-state index contributed by atoms with van der Waals surface area (Å²) in [5.41, 5.74) is 0.326. The summed E-state index contributed by atoms with van der Waals surface area (Å²) < 4.78 is 21.8. The highest BCUT2D eigenvalue weighted by atomic mass is 19.1. The number of pyridine rings is 1. The Morgan fingerprint density at radius 1 is 1.42 bits per heavy atom. The zero-order valence-electron chi connectivity index (χ0n) is 14.8. The minimum atomic E-state index is -0.363. The molecule has 6 nitrogen and oxygen atoms in total.